The average Bonchev–Trinajstić information content (AvgIpc) is 3.53. The van der Waals surface area contributed by atoms with E-state index in [4.69, 9.17) is 37.7 Å². The molecule has 6 rings (SSSR count). The van der Waals surface area contributed by atoms with E-state index in [1.165, 1.54) is 0 Å². The summed E-state index contributed by atoms with van der Waals surface area (Å²) in [6.45, 7) is 4.75. The van der Waals surface area contributed by atoms with Gasteiger partial charge in [-0.25, -0.2) is 14.5 Å². The minimum absolute atomic E-state index is 0.0461. The lowest BCUT2D eigenvalue weighted by molar-refractivity contribution is -0.129. The zero-order valence-electron chi connectivity index (χ0n) is 28.5. The molecule has 2 N–H and O–H groups in total. The second kappa shape index (κ2) is 15.7. The van der Waals surface area contributed by atoms with Gasteiger partial charge < -0.3 is 24.8 Å². The maximum absolute atomic E-state index is 11.7. The van der Waals surface area contributed by atoms with Gasteiger partial charge in [0.05, 0.1) is 48.8 Å². The number of hydrogen-bond donors (Lipinski definition) is 2. The molecule has 1 aromatic carbocycles. The van der Waals surface area contributed by atoms with Crippen molar-refractivity contribution in [3.05, 3.63) is 76.3 Å². The topological polar surface area (TPSA) is 130 Å². The predicted molar refractivity (Wildman–Crippen MR) is 194 cm³/mol. The number of nitrogens with zero attached hydrogens (tertiary/aromatic N) is 7. The van der Waals surface area contributed by atoms with Crippen molar-refractivity contribution in [1.29, 1.82) is 0 Å². The molecule has 1 aliphatic rings. The summed E-state index contributed by atoms with van der Waals surface area (Å²) in [7, 11) is 5.08. The molecule has 12 nitrogen and oxygen atoms in total. The van der Waals surface area contributed by atoms with Gasteiger partial charge >= 0.3 is 0 Å². The molecule has 1 fully saturated rings. The molecule has 1 amide bonds. The maximum Gasteiger partial charge on any atom is 0.219 e. The maximum atomic E-state index is 11.7. The summed E-state index contributed by atoms with van der Waals surface area (Å²) < 4.78 is 13.0. The molecule has 0 bridgehead atoms. The van der Waals surface area contributed by atoms with Crippen molar-refractivity contribution in [3.63, 3.8) is 0 Å². The molecule has 0 unspecified atom stereocenters. The zero-order chi connectivity index (χ0) is 35.4. The summed E-state index contributed by atoms with van der Waals surface area (Å²) in [5.41, 5.74) is 5.55. The van der Waals surface area contributed by atoms with Crippen molar-refractivity contribution in [3.8, 4) is 45.3 Å². The number of nitrogens with one attached hydrogen (secondary N) is 1. The van der Waals surface area contributed by atoms with E-state index in [-0.39, 0.29) is 12.5 Å². The van der Waals surface area contributed by atoms with Gasteiger partial charge in [-0.15, -0.1) is 5.10 Å². The van der Waals surface area contributed by atoms with Crippen LogP contribution >= 0.6 is 23.2 Å². The van der Waals surface area contributed by atoms with Gasteiger partial charge in [0.1, 0.15) is 0 Å². The van der Waals surface area contributed by atoms with E-state index in [0.29, 0.717) is 81.3 Å². The first kappa shape index (κ1) is 35.5. The van der Waals surface area contributed by atoms with Crippen LogP contribution in [-0.2, 0) is 17.9 Å². The molecule has 1 aliphatic heterocycles. The minimum Gasteiger partial charge on any atom is -0.493 e. The lowest BCUT2D eigenvalue weighted by Gasteiger charge is -2.31. The van der Waals surface area contributed by atoms with E-state index in [1.54, 1.807) is 31.9 Å². The van der Waals surface area contributed by atoms with Crippen LogP contribution in [0.15, 0.2) is 54.9 Å². The number of aliphatic hydroxyl groups is 1. The Hall–Kier alpha value is -4.33. The van der Waals surface area contributed by atoms with Gasteiger partial charge in [0, 0.05) is 79.4 Å². The van der Waals surface area contributed by atoms with Gasteiger partial charge in [-0.05, 0) is 38.1 Å². The number of piperidine rings is 1. The number of hydrogen-bond acceptors (Lipinski definition) is 10. The predicted octanol–water partition coefficient (Wildman–Crippen LogP) is 5.37. The SMILES string of the molecule is COc1nc(-c2cccc(-c3ccnc(-c4cc(OC)c5nc(CN(C)CCO)nn5c4)c3Cl)c2Cl)ccc1CNC1CCN(C(C)=O)CC1. The normalized spacial score (nSPS) is 13.7. The van der Waals surface area contributed by atoms with Gasteiger partial charge in [0.15, 0.2) is 17.2 Å². The first-order valence-electron chi connectivity index (χ1n) is 16.4. The van der Waals surface area contributed by atoms with Crippen molar-refractivity contribution in [2.24, 2.45) is 0 Å². The Labute approximate surface area is 301 Å². The monoisotopic (exact) mass is 718 g/mol. The Bertz CT molecular complexity index is 2000. The second-order valence-corrected chi connectivity index (χ2v) is 13.0. The van der Waals surface area contributed by atoms with Crippen LogP contribution in [0, 0.1) is 0 Å². The number of pyridine rings is 3. The highest BCUT2D eigenvalue weighted by Gasteiger charge is 2.22. The van der Waals surface area contributed by atoms with Crippen LogP contribution in [0.25, 0.3) is 39.3 Å². The Morgan fingerprint density at radius 3 is 2.52 bits per heavy atom. The van der Waals surface area contributed by atoms with Crippen LogP contribution in [0.4, 0.5) is 0 Å². The van der Waals surface area contributed by atoms with Crippen molar-refractivity contribution in [2.75, 3.05) is 47.5 Å². The summed E-state index contributed by atoms with van der Waals surface area (Å²) in [5, 5.41) is 18.4. The zero-order valence-corrected chi connectivity index (χ0v) is 30.0. The van der Waals surface area contributed by atoms with Gasteiger partial charge in [0.25, 0.3) is 0 Å². The lowest BCUT2D eigenvalue weighted by Crippen LogP contribution is -2.44. The van der Waals surface area contributed by atoms with E-state index in [9.17, 15) is 9.90 Å². The molecule has 5 heterocycles. The molecule has 0 saturated carbocycles. The number of carbonyl (C=O) groups excluding carboxylic acids is 1. The number of aromatic nitrogens is 5. The first-order valence-corrected chi connectivity index (χ1v) is 17.2. The van der Waals surface area contributed by atoms with Crippen LogP contribution in [0.1, 0.15) is 31.2 Å². The van der Waals surface area contributed by atoms with Crippen molar-refractivity contribution >= 4 is 34.8 Å². The molecule has 14 heteroatoms. The van der Waals surface area contributed by atoms with Gasteiger partial charge in [0.2, 0.25) is 11.8 Å². The number of likely N-dealkylation sites (N-methyl/N-ethyl adjacent to an activating group) is 1. The Balaban J connectivity index is 1.27. The van der Waals surface area contributed by atoms with E-state index in [0.717, 1.165) is 42.6 Å². The molecule has 0 aliphatic carbocycles. The quantitative estimate of drug-likeness (QED) is 0.174. The third-order valence-corrected chi connectivity index (χ3v) is 9.73. The third kappa shape index (κ3) is 7.54. The summed E-state index contributed by atoms with van der Waals surface area (Å²) in [4.78, 5) is 29.6. The van der Waals surface area contributed by atoms with Gasteiger partial charge in [-0.1, -0.05) is 47.5 Å². The standard InChI is InChI=1S/C36H40Cl2N8O4/c1-22(48)45-14-11-25(12-15-45)40-19-23-8-9-29(41-36(23)50-4)28-7-5-6-26(32(28)37)27-10-13-39-34(33(27)38)24-18-30(49-3)35-42-31(43-46(35)20-24)21-44(2)16-17-47/h5-10,13,18,20,25,40,47H,11-12,14-17,19,21H2,1-4H3. The smallest absolute Gasteiger partial charge is 0.219 e. The molecule has 0 spiro atoms. The molecule has 5 aromatic rings. The highest BCUT2D eigenvalue weighted by atomic mass is 35.5. The fourth-order valence-corrected chi connectivity index (χ4v) is 6.86. The number of halogens is 2. The number of rotatable bonds is 12. The highest BCUT2D eigenvalue weighted by molar-refractivity contribution is 6.39. The average molecular weight is 720 g/mol. The number of likely N-dealkylation sites (tertiary alicyclic amines) is 1. The molecule has 1 saturated heterocycles. The highest BCUT2D eigenvalue weighted by Crippen LogP contribution is 2.42. The van der Waals surface area contributed by atoms with Crippen molar-refractivity contribution < 1.29 is 19.4 Å². The number of benzene rings is 1. The van der Waals surface area contributed by atoms with Crippen LogP contribution in [0.2, 0.25) is 10.0 Å². The summed E-state index contributed by atoms with van der Waals surface area (Å²) in [6, 6.07) is 13.7. The van der Waals surface area contributed by atoms with Gasteiger partial charge in [-0.3, -0.25) is 14.7 Å². The molecule has 0 atom stereocenters. The van der Waals surface area contributed by atoms with Crippen molar-refractivity contribution in [1.82, 2.24) is 39.7 Å². The second-order valence-electron chi connectivity index (χ2n) is 12.3. The largest absolute Gasteiger partial charge is 0.493 e. The third-order valence-electron chi connectivity index (χ3n) is 8.94. The van der Waals surface area contributed by atoms with Crippen LogP contribution in [-0.4, -0.2) is 98.9 Å². The summed E-state index contributed by atoms with van der Waals surface area (Å²) in [6.07, 6.45) is 5.32. The first-order chi connectivity index (χ1) is 24.2. The Morgan fingerprint density at radius 1 is 1.04 bits per heavy atom. The van der Waals surface area contributed by atoms with E-state index in [1.807, 2.05) is 65.5 Å². The fourth-order valence-electron chi connectivity index (χ4n) is 6.21. The lowest BCUT2D eigenvalue weighted by atomic mass is 9.99. The molecular formula is C36H40Cl2N8O4. The fraction of sp³-hybridized carbons (Fsp3) is 0.361. The van der Waals surface area contributed by atoms with Crippen LogP contribution < -0.4 is 14.8 Å². The number of ether oxygens (including phenoxy) is 2. The molecule has 4 aromatic heterocycles. The van der Waals surface area contributed by atoms with Crippen molar-refractivity contribution in [2.45, 2.75) is 38.9 Å². The molecular weight excluding hydrogens is 679 g/mol. The number of fused-ring (bicyclic) bond motifs is 1. The summed E-state index contributed by atoms with van der Waals surface area (Å²) in [5.74, 6) is 1.75. The Morgan fingerprint density at radius 2 is 1.80 bits per heavy atom. The van der Waals surface area contributed by atoms with E-state index >= 15 is 0 Å². The summed E-state index contributed by atoms with van der Waals surface area (Å²) >= 11 is 14.2. The van der Waals surface area contributed by atoms with Crippen LogP contribution in [0.3, 0.4) is 0 Å². The number of aliphatic hydroxyl groups excluding tert-OH is 1. The number of amides is 1. The molecule has 262 valence electrons. The van der Waals surface area contributed by atoms with Gasteiger partial charge in [-0.2, -0.15) is 0 Å². The van der Waals surface area contributed by atoms with Crippen LogP contribution in [0.5, 0.6) is 11.6 Å². The number of carbonyl (C=O) groups is 1. The Kier molecular flexibility index (Phi) is 11.1. The minimum atomic E-state index is 0.0461. The molecule has 0 radical (unpaired) electrons. The van der Waals surface area contributed by atoms with E-state index in [2.05, 4.69) is 20.4 Å². The molecule has 50 heavy (non-hydrogen) atoms. The number of methoxy groups -OCH3 is 2. The van der Waals surface area contributed by atoms with E-state index < -0.39 is 0 Å².